The Morgan fingerprint density at radius 1 is 1.31 bits per heavy atom. The van der Waals surface area contributed by atoms with E-state index in [0.29, 0.717) is 12.3 Å². The van der Waals surface area contributed by atoms with Crippen LogP contribution in [0.5, 0.6) is 0 Å². The molecule has 1 aromatic carbocycles. The Hall–Kier alpha value is -1.84. The van der Waals surface area contributed by atoms with Crippen LogP contribution in [0.15, 0.2) is 35.3 Å². The number of benzene rings is 1. The van der Waals surface area contributed by atoms with Gasteiger partial charge < -0.3 is 9.47 Å². The lowest BCUT2D eigenvalue weighted by molar-refractivity contribution is -0.140. The van der Waals surface area contributed by atoms with Gasteiger partial charge in [0.05, 0.1) is 25.8 Å². The highest BCUT2D eigenvalue weighted by molar-refractivity contribution is 5.79. The Morgan fingerprint density at radius 2 is 2.00 bits per heavy atom. The molecular formula is C12H15NO3. The lowest BCUT2D eigenvalue weighted by atomic mass is 10.3. The summed E-state index contributed by atoms with van der Waals surface area (Å²) < 4.78 is 9.91. The summed E-state index contributed by atoms with van der Waals surface area (Å²) in [5, 5.41) is 0. The van der Waals surface area contributed by atoms with Crippen molar-refractivity contribution in [3.05, 3.63) is 30.3 Å². The molecule has 1 aromatic rings. The van der Waals surface area contributed by atoms with Crippen molar-refractivity contribution >= 4 is 17.6 Å². The molecule has 0 heterocycles. The zero-order valence-corrected chi connectivity index (χ0v) is 9.47. The van der Waals surface area contributed by atoms with Crippen molar-refractivity contribution in [2.75, 3.05) is 13.7 Å². The van der Waals surface area contributed by atoms with Crippen molar-refractivity contribution in [2.24, 2.45) is 4.99 Å². The summed E-state index contributed by atoms with van der Waals surface area (Å²) in [4.78, 5) is 14.8. The van der Waals surface area contributed by atoms with Crippen molar-refractivity contribution < 1.29 is 14.3 Å². The third kappa shape index (κ3) is 4.59. The third-order valence-electron chi connectivity index (χ3n) is 1.87. The van der Waals surface area contributed by atoms with Crippen LogP contribution >= 0.6 is 0 Å². The zero-order chi connectivity index (χ0) is 11.8. The minimum Gasteiger partial charge on any atom is -0.484 e. The van der Waals surface area contributed by atoms with Crippen LogP contribution in [0.2, 0.25) is 0 Å². The first-order valence-electron chi connectivity index (χ1n) is 5.02. The summed E-state index contributed by atoms with van der Waals surface area (Å²) in [6.07, 6.45) is 0.477. The van der Waals surface area contributed by atoms with Crippen molar-refractivity contribution in [2.45, 2.75) is 13.3 Å². The van der Waals surface area contributed by atoms with E-state index in [-0.39, 0.29) is 12.6 Å². The Bertz CT molecular complexity index is 360. The number of carbonyl (C=O) groups excluding carboxylic acids is 1. The Kier molecular flexibility index (Phi) is 5.05. The number of nitrogens with zero attached hydrogens (tertiary/aromatic N) is 1. The fraction of sp³-hybridized carbons (Fsp3) is 0.333. The first-order valence-corrected chi connectivity index (χ1v) is 5.02. The van der Waals surface area contributed by atoms with Crippen LogP contribution in [0.25, 0.3) is 0 Å². The number of rotatable bonds is 4. The summed E-state index contributed by atoms with van der Waals surface area (Å²) >= 11 is 0. The van der Waals surface area contributed by atoms with Gasteiger partial charge in [0.15, 0.2) is 5.90 Å². The van der Waals surface area contributed by atoms with Gasteiger partial charge in [0.25, 0.3) is 0 Å². The summed E-state index contributed by atoms with van der Waals surface area (Å²) in [6.45, 7) is 1.66. The van der Waals surface area contributed by atoms with Gasteiger partial charge >= 0.3 is 5.97 Å². The zero-order valence-electron chi connectivity index (χ0n) is 9.47. The molecule has 0 amide bonds. The molecule has 0 aliphatic rings. The van der Waals surface area contributed by atoms with E-state index in [1.165, 1.54) is 6.92 Å². The highest BCUT2D eigenvalue weighted by atomic mass is 16.5. The normalized spacial score (nSPS) is 11.0. The smallest absolute Gasteiger partial charge is 0.302 e. The molecule has 86 valence electrons. The molecule has 4 heteroatoms. The molecule has 1 rings (SSSR count). The molecule has 16 heavy (non-hydrogen) atoms. The minimum absolute atomic E-state index is 0.287. The molecule has 0 aliphatic heterocycles. The lowest BCUT2D eigenvalue weighted by Crippen LogP contribution is -2.08. The van der Waals surface area contributed by atoms with E-state index in [1.54, 1.807) is 7.11 Å². The molecule has 0 saturated heterocycles. The van der Waals surface area contributed by atoms with Gasteiger partial charge in [-0.15, -0.1) is 0 Å². The second-order valence-electron chi connectivity index (χ2n) is 3.14. The summed E-state index contributed by atoms with van der Waals surface area (Å²) in [5.41, 5.74) is 0.821. The van der Waals surface area contributed by atoms with Crippen molar-refractivity contribution in [1.29, 1.82) is 0 Å². The van der Waals surface area contributed by atoms with Gasteiger partial charge in [-0.3, -0.25) is 4.79 Å². The topological polar surface area (TPSA) is 47.9 Å². The highest BCUT2D eigenvalue weighted by Gasteiger charge is 2.01. The number of hydrogen-bond donors (Lipinski definition) is 0. The summed E-state index contributed by atoms with van der Waals surface area (Å²) in [6, 6.07) is 9.48. The molecule has 0 radical (unpaired) electrons. The maximum atomic E-state index is 10.6. The first-order chi connectivity index (χ1) is 7.72. The first kappa shape index (κ1) is 12.2. The second kappa shape index (κ2) is 6.61. The fourth-order valence-corrected chi connectivity index (χ4v) is 1.13. The third-order valence-corrected chi connectivity index (χ3v) is 1.87. The number of esters is 1. The van der Waals surface area contributed by atoms with E-state index in [0.717, 1.165) is 5.69 Å². The van der Waals surface area contributed by atoms with E-state index in [2.05, 4.69) is 4.99 Å². The van der Waals surface area contributed by atoms with Gasteiger partial charge in [0, 0.05) is 6.92 Å². The lowest BCUT2D eigenvalue weighted by Gasteiger charge is -2.05. The SMILES string of the molecule is COC(CCOC(C)=O)=Nc1ccccc1. The Morgan fingerprint density at radius 3 is 2.56 bits per heavy atom. The Labute approximate surface area is 94.9 Å². The van der Waals surface area contributed by atoms with Crippen LogP contribution in [0.4, 0.5) is 5.69 Å². The molecule has 0 fully saturated rings. The van der Waals surface area contributed by atoms with Crippen LogP contribution in [0.3, 0.4) is 0 Å². The van der Waals surface area contributed by atoms with Crippen LogP contribution in [0, 0.1) is 0 Å². The van der Waals surface area contributed by atoms with E-state index in [4.69, 9.17) is 9.47 Å². The molecule has 0 bridgehead atoms. The summed E-state index contributed by atoms with van der Waals surface area (Å²) in [5.74, 6) is 0.252. The van der Waals surface area contributed by atoms with Crippen molar-refractivity contribution in [3.63, 3.8) is 0 Å². The molecule has 0 atom stereocenters. The molecule has 4 nitrogen and oxygen atoms in total. The van der Waals surface area contributed by atoms with E-state index in [9.17, 15) is 4.79 Å². The van der Waals surface area contributed by atoms with E-state index >= 15 is 0 Å². The number of carbonyl (C=O) groups is 1. The standard InChI is InChI=1S/C12H15NO3/c1-10(14)16-9-8-12(15-2)13-11-6-4-3-5-7-11/h3-7H,8-9H2,1-2H3. The molecule has 0 spiro atoms. The molecule has 0 N–H and O–H groups in total. The average Bonchev–Trinajstić information content (AvgIpc) is 2.28. The van der Waals surface area contributed by atoms with Gasteiger partial charge in [0.1, 0.15) is 0 Å². The van der Waals surface area contributed by atoms with Gasteiger partial charge in [0.2, 0.25) is 0 Å². The quantitative estimate of drug-likeness (QED) is 0.445. The largest absolute Gasteiger partial charge is 0.484 e. The van der Waals surface area contributed by atoms with Crippen molar-refractivity contribution in [3.8, 4) is 0 Å². The fourth-order valence-electron chi connectivity index (χ4n) is 1.13. The van der Waals surface area contributed by atoms with E-state index < -0.39 is 0 Å². The van der Waals surface area contributed by atoms with Crippen LogP contribution in [0.1, 0.15) is 13.3 Å². The maximum Gasteiger partial charge on any atom is 0.302 e. The van der Waals surface area contributed by atoms with Crippen LogP contribution in [-0.4, -0.2) is 25.6 Å². The molecular weight excluding hydrogens is 206 g/mol. The number of hydrogen-bond acceptors (Lipinski definition) is 4. The minimum atomic E-state index is -0.296. The molecule has 0 aromatic heterocycles. The second-order valence-corrected chi connectivity index (χ2v) is 3.14. The number of para-hydroxylation sites is 1. The highest BCUT2D eigenvalue weighted by Crippen LogP contribution is 2.11. The number of ether oxygens (including phenoxy) is 2. The van der Waals surface area contributed by atoms with Gasteiger partial charge in [-0.1, -0.05) is 18.2 Å². The number of aliphatic imine (C=N–C) groups is 1. The molecule has 0 unspecified atom stereocenters. The monoisotopic (exact) mass is 221 g/mol. The van der Waals surface area contributed by atoms with Crippen LogP contribution < -0.4 is 0 Å². The predicted molar refractivity (Wildman–Crippen MR) is 61.8 cm³/mol. The van der Waals surface area contributed by atoms with Crippen molar-refractivity contribution in [1.82, 2.24) is 0 Å². The van der Waals surface area contributed by atoms with Crippen LogP contribution in [-0.2, 0) is 14.3 Å². The van der Waals surface area contributed by atoms with Gasteiger partial charge in [-0.25, -0.2) is 4.99 Å². The predicted octanol–water partition coefficient (Wildman–Crippen LogP) is 2.32. The van der Waals surface area contributed by atoms with E-state index in [1.807, 2.05) is 30.3 Å². The maximum absolute atomic E-state index is 10.6. The molecule has 0 aliphatic carbocycles. The average molecular weight is 221 g/mol. The Balaban J connectivity index is 2.54. The number of methoxy groups -OCH3 is 1. The van der Waals surface area contributed by atoms with Gasteiger partial charge in [-0.05, 0) is 12.1 Å². The summed E-state index contributed by atoms with van der Waals surface area (Å²) in [7, 11) is 1.55. The molecule has 0 saturated carbocycles. The van der Waals surface area contributed by atoms with Gasteiger partial charge in [-0.2, -0.15) is 0 Å².